The van der Waals surface area contributed by atoms with Crippen LogP contribution >= 0.6 is 11.6 Å². The highest BCUT2D eigenvalue weighted by Gasteiger charge is 2.19. The molecule has 0 spiro atoms. The number of hydrogen-bond donors (Lipinski definition) is 2. The molecule has 0 unspecified atom stereocenters. The second-order valence-corrected chi connectivity index (χ2v) is 6.57. The van der Waals surface area contributed by atoms with Gasteiger partial charge in [-0.2, -0.15) is 0 Å². The average Bonchev–Trinajstić information content (AvgIpc) is 2.43. The zero-order chi connectivity index (χ0) is 16.5. The van der Waals surface area contributed by atoms with Crippen molar-refractivity contribution in [3.63, 3.8) is 0 Å². The van der Waals surface area contributed by atoms with E-state index < -0.39 is 21.8 Å². The largest absolute Gasteiger partial charge is 0.478 e. The van der Waals surface area contributed by atoms with Gasteiger partial charge in [-0.05, 0) is 42.8 Å². The number of sulfonamides is 1. The number of halogens is 2. The van der Waals surface area contributed by atoms with Crippen LogP contribution < -0.4 is 4.72 Å². The van der Waals surface area contributed by atoms with Crippen LogP contribution in [0.15, 0.2) is 41.3 Å². The summed E-state index contributed by atoms with van der Waals surface area (Å²) in [4.78, 5) is 10.8. The van der Waals surface area contributed by atoms with Crippen molar-refractivity contribution in [1.82, 2.24) is 0 Å². The van der Waals surface area contributed by atoms with E-state index in [2.05, 4.69) is 4.72 Å². The molecule has 0 bridgehead atoms. The van der Waals surface area contributed by atoms with Gasteiger partial charge in [0.25, 0.3) is 10.0 Å². The number of benzene rings is 2. The molecule has 0 saturated heterocycles. The summed E-state index contributed by atoms with van der Waals surface area (Å²) in [5.74, 6) is -1.97. The third kappa shape index (κ3) is 3.37. The first-order valence-electron chi connectivity index (χ1n) is 6.02. The standard InChI is InChI=1S/C14H11ClFNO4S/c1-8-2-3-9(16)6-13(8)22(20,21)17-10-4-5-12(15)11(7-10)14(18)19/h2-7,17H,1H3,(H,18,19). The summed E-state index contributed by atoms with van der Waals surface area (Å²) in [5.41, 5.74) is 0.143. The van der Waals surface area contributed by atoms with Crippen molar-refractivity contribution in [2.75, 3.05) is 4.72 Å². The normalized spacial score (nSPS) is 11.2. The van der Waals surface area contributed by atoms with Crippen LogP contribution in [0.25, 0.3) is 0 Å². The van der Waals surface area contributed by atoms with Crippen LogP contribution in [0, 0.1) is 12.7 Å². The van der Waals surface area contributed by atoms with Crippen LogP contribution in [0.1, 0.15) is 15.9 Å². The fourth-order valence-electron chi connectivity index (χ4n) is 1.83. The van der Waals surface area contributed by atoms with Crippen molar-refractivity contribution in [3.05, 3.63) is 58.4 Å². The van der Waals surface area contributed by atoms with Crippen molar-refractivity contribution in [2.45, 2.75) is 11.8 Å². The smallest absolute Gasteiger partial charge is 0.337 e. The maximum absolute atomic E-state index is 13.3. The number of carboxylic acids is 1. The van der Waals surface area contributed by atoms with Crippen molar-refractivity contribution in [3.8, 4) is 0 Å². The fraction of sp³-hybridized carbons (Fsp3) is 0.0714. The molecular formula is C14H11ClFNO4S. The molecule has 0 aliphatic heterocycles. The van der Waals surface area contributed by atoms with Gasteiger partial charge in [0.2, 0.25) is 0 Å². The summed E-state index contributed by atoms with van der Waals surface area (Å²) in [5, 5.41) is 8.96. The van der Waals surface area contributed by atoms with Gasteiger partial charge in [-0.1, -0.05) is 17.7 Å². The van der Waals surface area contributed by atoms with Gasteiger partial charge in [-0.15, -0.1) is 0 Å². The molecular weight excluding hydrogens is 333 g/mol. The van der Waals surface area contributed by atoms with Crippen LogP contribution in [0.3, 0.4) is 0 Å². The molecule has 2 rings (SSSR count). The van der Waals surface area contributed by atoms with E-state index in [4.69, 9.17) is 16.7 Å². The monoisotopic (exact) mass is 343 g/mol. The van der Waals surface area contributed by atoms with Gasteiger partial charge in [0, 0.05) is 5.69 Å². The minimum Gasteiger partial charge on any atom is -0.478 e. The van der Waals surface area contributed by atoms with Crippen LogP contribution in [-0.2, 0) is 10.0 Å². The molecule has 22 heavy (non-hydrogen) atoms. The van der Waals surface area contributed by atoms with E-state index in [1.807, 2.05) is 0 Å². The molecule has 5 nitrogen and oxygen atoms in total. The second kappa shape index (κ2) is 5.94. The molecule has 0 heterocycles. The summed E-state index contributed by atoms with van der Waals surface area (Å²) in [7, 11) is -4.05. The first-order valence-corrected chi connectivity index (χ1v) is 7.88. The molecule has 0 atom stereocenters. The van der Waals surface area contributed by atoms with E-state index in [9.17, 15) is 17.6 Å². The van der Waals surface area contributed by atoms with Crippen molar-refractivity contribution >= 4 is 33.3 Å². The predicted molar refractivity (Wildman–Crippen MR) is 80.4 cm³/mol. The highest BCUT2D eigenvalue weighted by molar-refractivity contribution is 7.92. The molecule has 0 saturated carbocycles. The topological polar surface area (TPSA) is 83.5 Å². The second-order valence-electron chi connectivity index (χ2n) is 4.52. The number of aromatic carboxylic acids is 1. The van der Waals surface area contributed by atoms with Gasteiger partial charge in [-0.25, -0.2) is 17.6 Å². The summed E-state index contributed by atoms with van der Waals surface area (Å²) >= 11 is 5.72. The third-order valence-electron chi connectivity index (χ3n) is 2.89. The van der Waals surface area contributed by atoms with Crippen molar-refractivity contribution in [1.29, 1.82) is 0 Å². The number of anilines is 1. The Labute approximate surface area is 131 Å². The van der Waals surface area contributed by atoms with Crippen LogP contribution in [-0.4, -0.2) is 19.5 Å². The van der Waals surface area contributed by atoms with Crippen LogP contribution in [0.5, 0.6) is 0 Å². The molecule has 0 radical (unpaired) electrons. The number of rotatable bonds is 4. The Bertz CT molecular complexity index is 852. The maximum Gasteiger partial charge on any atom is 0.337 e. The number of nitrogens with one attached hydrogen (secondary N) is 1. The Morgan fingerprint density at radius 2 is 1.91 bits per heavy atom. The van der Waals surface area contributed by atoms with Crippen molar-refractivity contribution in [2.24, 2.45) is 0 Å². The minimum atomic E-state index is -4.05. The Hall–Kier alpha value is -2.12. The zero-order valence-electron chi connectivity index (χ0n) is 11.3. The molecule has 0 aliphatic rings. The fourth-order valence-corrected chi connectivity index (χ4v) is 3.33. The maximum atomic E-state index is 13.3. The molecule has 2 aromatic carbocycles. The molecule has 0 amide bonds. The van der Waals surface area contributed by atoms with E-state index in [-0.39, 0.29) is 21.2 Å². The van der Waals surface area contributed by atoms with Crippen LogP contribution in [0.4, 0.5) is 10.1 Å². The molecule has 0 aromatic heterocycles. The molecule has 2 aromatic rings. The first kappa shape index (κ1) is 16.3. The number of carbonyl (C=O) groups is 1. The van der Waals surface area contributed by atoms with Gasteiger partial charge in [0.1, 0.15) is 5.82 Å². The number of carboxylic acid groups (broad SMARTS) is 1. The van der Waals surface area contributed by atoms with Gasteiger partial charge in [-0.3, -0.25) is 4.72 Å². The Morgan fingerprint density at radius 3 is 2.55 bits per heavy atom. The van der Waals surface area contributed by atoms with Crippen molar-refractivity contribution < 1.29 is 22.7 Å². The first-order chi connectivity index (χ1) is 10.2. The zero-order valence-corrected chi connectivity index (χ0v) is 12.9. The third-order valence-corrected chi connectivity index (χ3v) is 4.74. The molecule has 8 heteroatoms. The average molecular weight is 344 g/mol. The van der Waals surface area contributed by atoms with E-state index in [1.54, 1.807) is 0 Å². The Morgan fingerprint density at radius 1 is 1.23 bits per heavy atom. The lowest BCUT2D eigenvalue weighted by Gasteiger charge is -2.11. The van der Waals surface area contributed by atoms with Gasteiger partial charge in [0.05, 0.1) is 15.5 Å². The quantitative estimate of drug-likeness (QED) is 0.892. The van der Waals surface area contributed by atoms with E-state index >= 15 is 0 Å². The summed E-state index contributed by atoms with van der Waals surface area (Å²) in [6.07, 6.45) is 0. The molecule has 0 aliphatic carbocycles. The lowest BCUT2D eigenvalue weighted by molar-refractivity contribution is 0.0697. The Kier molecular flexibility index (Phi) is 4.39. The van der Waals surface area contributed by atoms with Gasteiger partial charge >= 0.3 is 5.97 Å². The highest BCUT2D eigenvalue weighted by atomic mass is 35.5. The number of hydrogen-bond acceptors (Lipinski definition) is 3. The summed E-state index contributed by atoms with van der Waals surface area (Å²) in [6.45, 7) is 1.53. The van der Waals surface area contributed by atoms with Crippen LogP contribution in [0.2, 0.25) is 5.02 Å². The minimum absolute atomic E-state index is 0.0163. The highest BCUT2D eigenvalue weighted by Crippen LogP contribution is 2.24. The van der Waals surface area contributed by atoms with Gasteiger partial charge in [0.15, 0.2) is 0 Å². The number of aryl methyl sites for hydroxylation is 1. The molecule has 116 valence electrons. The molecule has 2 N–H and O–H groups in total. The van der Waals surface area contributed by atoms with E-state index in [0.717, 1.165) is 18.2 Å². The predicted octanol–water partition coefficient (Wildman–Crippen LogP) is 3.29. The SMILES string of the molecule is Cc1ccc(F)cc1S(=O)(=O)Nc1ccc(Cl)c(C(=O)O)c1. The summed E-state index contributed by atoms with van der Waals surface area (Å²) < 4.78 is 40.0. The van der Waals surface area contributed by atoms with Gasteiger partial charge < -0.3 is 5.11 Å². The summed E-state index contributed by atoms with van der Waals surface area (Å²) in [6, 6.07) is 7.07. The Balaban J connectivity index is 2.43. The molecule has 0 fully saturated rings. The lowest BCUT2D eigenvalue weighted by Crippen LogP contribution is -2.15. The lowest BCUT2D eigenvalue weighted by atomic mass is 10.2. The van der Waals surface area contributed by atoms with E-state index in [0.29, 0.717) is 5.56 Å². The van der Waals surface area contributed by atoms with E-state index in [1.165, 1.54) is 25.1 Å².